The standard InChI is InChI=1S/C17H22N2O3/c1-3-21-17-10-13(6-7-15(17)20)11-19-8-4-5-14(19)16-9-12(2)18-22-16/h6-7,9-10,14,20H,3-5,8,11H2,1-2H3/t14-/m1/s1. The second kappa shape index (κ2) is 6.40. The SMILES string of the molecule is CCOc1cc(CN2CCC[C@@H]2c2cc(C)no2)ccc1O. The summed E-state index contributed by atoms with van der Waals surface area (Å²) < 4.78 is 10.9. The topological polar surface area (TPSA) is 58.7 Å². The molecule has 0 bridgehead atoms. The number of aromatic nitrogens is 1. The second-order valence-electron chi connectivity index (χ2n) is 5.73. The molecule has 1 fully saturated rings. The first-order valence-corrected chi connectivity index (χ1v) is 7.79. The summed E-state index contributed by atoms with van der Waals surface area (Å²) in [6, 6.07) is 7.86. The van der Waals surface area contributed by atoms with E-state index in [2.05, 4.69) is 10.1 Å². The molecule has 0 aliphatic carbocycles. The van der Waals surface area contributed by atoms with E-state index in [9.17, 15) is 5.11 Å². The number of likely N-dealkylation sites (tertiary alicyclic amines) is 1. The third-order valence-electron chi connectivity index (χ3n) is 4.05. The van der Waals surface area contributed by atoms with Crippen LogP contribution in [0.4, 0.5) is 0 Å². The summed E-state index contributed by atoms with van der Waals surface area (Å²) in [4.78, 5) is 2.39. The summed E-state index contributed by atoms with van der Waals surface area (Å²) in [5.41, 5.74) is 2.05. The smallest absolute Gasteiger partial charge is 0.161 e. The Hall–Kier alpha value is -2.01. The Bertz CT molecular complexity index is 639. The molecule has 2 aromatic rings. The number of phenolic OH excluding ortho intramolecular Hbond substituents is 1. The van der Waals surface area contributed by atoms with Gasteiger partial charge >= 0.3 is 0 Å². The number of hydrogen-bond acceptors (Lipinski definition) is 5. The predicted molar refractivity (Wildman–Crippen MR) is 82.9 cm³/mol. The number of phenols is 1. The lowest BCUT2D eigenvalue weighted by Gasteiger charge is -2.22. The van der Waals surface area contributed by atoms with Gasteiger partial charge in [-0.05, 0) is 50.9 Å². The average molecular weight is 302 g/mol. The van der Waals surface area contributed by atoms with Crippen LogP contribution in [0.15, 0.2) is 28.8 Å². The maximum absolute atomic E-state index is 9.80. The lowest BCUT2D eigenvalue weighted by molar-refractivity contribution is 0.206. The van der Waals surface area contributed by atoms with Crippen molar-refractivity contribution in [3.63, 3.8) is 0 Å². The molecule has 22 heavy (non-hydrogen) atoms. The Morgan fingerprint density at radius 3 is 3.00 bits per heavy atom. The molecule has 2 heterocycles. The number of aryl methyl sites for hydroxylation is 1. The first-order chi connectivity index (χ1) is 10.7. The number of hydrogen-bond donors (Lipinski definition) is 1. The molecule has 0 unspecified atom stereocenters. The van der Waals surface area contributed by atoms with Crippen molar-refractivity contribution in [2.45, 2.75) is 39.3 Å². The van der Waals surface area contributed by atoms with Crippen LogP contribution in [0.25, 0.3) is 0 Å². The van der Waals surface area contributed by atoms with Crippen LogP contribution >= 0.6 is 0 Å². The highest BCUT2D eigenvalue weighted by Gasteiger charge is 2.29. The van der Waals surface area contributed by atoms with Crippen LogP contribution in [-0.4, -0.2) is 28.3 Å². The molecule has 1 N–H and O–H groups in total. The molecule has 118 valence electrons. The summed E-state index contributed by atoms with van der Waals surface area (Å²) in [6.45, 7) is 6.25. The number of nitrogens with zero attached hydrogens (tertiary/aromatic N) is 2. The molecule has 1 aliphatic heterocycles. The van der Waals surface area contributed by atoms with Gasteiger partial charge < -0.3 is 14.4 Å². The van der Waals surface area contributed by atoms with Gasteiger partial charge in [0.25, 0.3) is 0 Å². The molecule has 5 nitrogen and oxygen atoms in total. The van der Waals surface area contributed by atoms with E-state index in [1.165, 1.54) is 0 Å². The van der Waals surface area contributed by atoms with Crippen molar-refractivity contribution in [1.82, 2.24) is 10.1 Å². The highest BCUT2D eigenvalue weighted by atomic mass is 16.5. The van der Waals surface area contributed by atoms with Gasteiger partial charge in [0.05, 0.1) is 18.3 Å². The van der Waals surface area contributed by atoms with Crippen LogP contribution in [0.3, 0.4) is 0 Å². The van der Waals surface area contributed by atoms with E-state index in [0.717, 1.165) is 42.9 Å². The predicted octanol–water partition coefficient (Wildman–Crippen LogP) is 3.42. The van der Waals surface area contributed by atoms with Crippen molar-refractivity contribution >= 4 is 0 Å². The van der Waals surface area contributed by atoms with Crippen molar-refractivity contribution in [2.24, 2.45) is 0 Å². The molecule has 1 saturated heterocycles. The van der Waals surface area contributed by atoms with Crippen LogP contribution < -0.4 is 4.74 Å². The molecular formula is C17H22N2O3. The Morgan fingerprint density at radius 2 is 2.27 bits per heavy atom. The van der Waals surface area contributed by atoms with Crippen LogP contribution in [0.5, 0.6) is 11.5 Å². The zero-order chi connectivity index (χ0) is 15.5. The molecule has 0 radical (unpaired) electrons. The Labute approximate surface area is 130 Å². The van der Waals surface area contributed by atoms with Crippen LogP contribution in [0, 0.1) is 6.92 Å². The van der Waals surface area contributed by atoms with Gasteiger partial charge in [0.1, 0.15) is 0 Å². The molecule has 0 saturated carbocycles. The highest BCUT2D eigenvalue weighted by Crippen LogP contribution is 2.34. The van der Waals surface area contributed by atoms with Crippen LogP contribution in [-0.2, 0) is 6.54 Å². The van der Waals surface area contributed by atoms with Crippen molar-refractivity contribution in [2.75, 3.05) is 13.2 Å². The lowest BCUT2D eigenvalue weighted by Crippen LogP contribution is -2.22. The minimum Gasteiger partial charge on any atom is -0.504 e. The van der Waals surface area contributed by atoms with Gasteiger partial charge in [-0.2, -0.15) is 0 Å². The minimum atomic E-state index is 0.189. The first-order valence-electron chi connectivity index (χ1n) is 7.79. The van der Waals surface area contributed by atoms with Crippen LogP contribution in [0.2, 0.25) is 0 Å². The summed E-state index contributed by atoms with van der Waals surface area (Å²) in [5, 5.41) is 13.8. The molecule has 1 atom stereocenters. The van der Waals surface area contributed by atoms with E-state index in [1.54, 1.807) is 6.07 Å². The third kappa shape index (κ3) is 3.09. The van der Waals surface area contributed by atoms with E-state index < -0.39 is 0 Å². The molecule has 0 amide bonds. The van der Waals surface area contributed by atoms with Gasteiger partial charge in [0.15, 0.2) is 17.3 Å². The van der Waals surface area contributed by atoms with Gasteiger partial charge in [0.2, 0.25) is 0 Å². The maximum Gasteiger partial charge on any atom is 0.161 e. The average Bonchev–Trinajstić information content (AvgIpc) is 3.11. The largest absolute Gasteiger partial charge is 0.504 e. The van der Waals surface area contributed by atoms with Gasteiger partial charge in [-0.25, -0.2) is 0 Å². The summed E-state index contributed by atoms with van der Waals surface area (Å²) in [5.74, 6) is 1.68. The fraction of sp³-hybridized carbons (Fsp3) is 0.471. The molecule has 5 heteroatoms. The van der Waals surface area contributed by atoms with Gasteiger partial charge in [-0.1, -0.05) is 11.2 Å². The maximum atomic E-state index is 9.80. The molecule has 1 aromatic carbocycles. The molecule has 3 rings (SSSR count). The Balaban J connectivity index is 1.75. The molecular weight excluding hydrogens is 280 g/mol. The second-order valence-corrected chi connectivity index (χ2v) is 5.73. The fourth-order valence-electron chi connectivity index (χ4n) is 3.04. The number of ether oxygens (including phenoxy) is 1. The molecule has 0 spiro atoms. The quantitative estimate of drug-likeness (QED) is 0.917. The number of rotatable bonds is 5. The highest BCUT2D eigenvalue weighted by molar-refractivity contribution is 5.41. The van der Waals surface area contributed by atoms with Gasteiger partial charge in [-0.15, -0.1) is 0 Å². The van der Waals surface area contributed by atoms with E-state index in [4.69, 9.17) is 9.26 Å². The third-order valence-corrected chi connectivity index (χ3v) is 4.05. The van der Waals surface area contributed by atoms with Gasteiger partial charge in [-0.3, -0.25) is 4.90 Å². The van der Waals surface area contributed by atoms with E-state index in [1.807, 2.05) is 32.0 Å². The monoisotopic (exact) mass is 302 g/mol. The fourth-order valence-corrected chi connectivity index (χ4v) is 3.04. The molecule has 1 aliphatic rings. The van der Waals surface area contributed by atoms with Gasteiger partial charge in [0, 0.05) is 12.6 Å². The Morgan fingerprint density at radius 1 is 1.41 bits per heavy atom. The summed E-state index contributed by atoms with van der Waals surface area (Å²) in [6.07, 6.45) is 2.24. The minimum absolute atomic E-state index is 0.189. The number of benzene rings is 1. The van der Waals surface area contributed by atoms with Crippen molar-refractivity contribution < 1.29 is 14.4 Å². The first kappa shape index (κ1) is 14.9. The summed E-state index contributed by atoms with van der Waals surface area (Å²) in [7, 11) is 0. The van der Waals surface area contributed by atoms with E-state index in [-0.39, 0.29) is 11.8 Å². The Kier molecular flexibility index (Phi) is 4.34. The zero-order valence-corrected chi connectivity index (χ0v) is 13.1. The normalized spacial score (nSPS) is 18.7. The lowest BCUT2D eigenvalue weighted by atomic mass is 10.1. The van der Waals surface area contributed by atoms with Crippen LogP contribution in [0.1, 0.15) is 42.8 Å². The van der Waals surface area contributed by atoms with Crippen molar-refractivity contribution in [3.05, 3.63) is 41.3 Å². The number of aromatic hydroxyl groups is 1. The van der Waals surface area contributed by atoms with Crippen molar-refractivity contribution in [3.8, 4) is 11.5 Å². The van der Waals surface area contributed by atoms with Crippen molar-refractivity contribution in [1.29, 1.82) is 0 Å². The summed E-state index contributed by atoms with van der Waals surface area (Å²) >= 11 is 0. The van der Waals surface area contributed by atoms with E-state index >= 15 is 0 Å². The van der Waals surface area contributed by atoms with E-state index in [0.29, 0.717) is 12.4 Å². The zero-order valence-electron chi connectivity index (χ0n) is 13.1. The molecule has 1 aromatic heterocycles.